The number of hydrogen-bond donors (Lipinski definition) is 2. The SMILES string of the molecule is CC(=O)N/C=C/SCC(=O)O. The number of carbonyl (C=O) groups excluding carboxylic acids is 1. The maximum atomic E-state index is 10.3. The van der Waals surface area contributed by atoms with Crippen molar-refractivity contribution in [3.63, 3.8) is 0 Å². The maximum absolute atomic E-state index is 10.3. The lowest BCUT2D eigenvalue weighted by molar-refractivity contribution is -0.133. The zero-order valence-electron chi connectivity index (χ0n) is 6.03. The highest BCUT2D eigenvalue weighted by atomic mass is 32.2. The Labute approximate surface area is 68.7 Å². The van der Waals surface area contributed by atoms with E-state index in [0.717, 1.165) is 11.8 Å². The summed E-state index contributed by atoms with van der Waals surface area (Å²) in [5, 5.41) is 12.1. The van der Waals surface area contributed by atoms with E-state index in [-0.39, 0.29) is 11.7 Å². The van der Waals surface area contributed by atoms with E-state index in [1.807, 2.05) is 0 Å². The summed E-state index contributed by atoms with van der Waals surface area (Å²) >= 11 is 1.11. The first kappa shape index (κ1) is 10.0. The van der Waals surface area contributed by atoms with Crippen LogP contribution in [0.1, 0.15) is 6.92 Å². The van der Waals surface area contributed by atoms with Gasteiger partial charge in [0.25, 0.3) is 0 Å². The van der Waals surface area contributed by atoms with Crippen molar-refractivity contribution in [3.8, 4) is 0 Å². The number of nitrogens with one attached hydrogen (secondary N) is 1. The van der Waals surface area contributed by atoms with Crippen molar-refractivity contribution in [3.05, 3.63) is 11.6 Å². The normalized spacial score (nSPS) is 9.91. The number of amides is 1. The van der Waals surface area contributed by atoms with Gasteiger partial charge in [0.2, 0.25) is 5.91 Å². The molecular formula is C6H9NO3S. The predicted octanol–water partition coefficient (Wildman–Crippen LogP) is 0.412. The smallest absolute Gasteiger partial charge is 0.313 e. The van der Waals surface area contributed by atoms with E-state index in [1.54, 1.807) is 0 Å². The first-order valence-electron chi connectivity index (χ1n) is 2.88. The third kappa shape index (κ3) is 9.03. The molecule has 5 heteroatoms. The fourth-order valence-corrected chi connectivity index (χ4v) is 0.722. The van der Waals surface area contributed by atoms with Gasteiger partial charge in [-0.3, -0.25) is 9.59 Å². The molecular weight excluding hydrogens is 166 g/mol. The van der Waals surface area contributed by atoms with Gasteiger partial charge in [0.05, 0.1) is 5.75 Å². The minimum Gasteiger partial charge on any atom is -0.481 e. The van der Waals surface area contributed by atoms with E-state index in [0.29, 0.717) is 0 Å². The molecule has 0 aromatic carbocycles. The molecule has 0 aromatic heterocycles. The van der Waals surface area contributed by atoms with Gasteiger partial charge < -0.3 is 10.4 Å². The Kier molecular flexibility index (Phi) is 5.28. The fourth-order valence-electron chi connectivity index (χ4n) is 0.319. The van der Waals surface area contributed by atoms with Crippen molar-refractivity contribution in [2.75, 3.05) is 5.75 Å². The van der Waals surface area contributed by atoms with Crippen molar-refractivity contribution >= 4 is 23.6 Å². The summed E-state index contributed by atoms with van der Waals surface area (Å²) in [6.07, 6.45) is 1.41. The molecule has 0 aliphatic rings. The Morgan fingerprint density at radius 3 is 2.73 bits per heavy atom. The number of rotatable bonds is 4. The molecule has 0 unspecified atom stereocenters. The van der Waals surface area contributed by atoms with E-state index in [1.165, 1.54) is 18.5 Å². The molecule has 11 heavy (non-hydrogen) atoms. The Bertz CT molecular complexity index is 179. The zero-order chi connectivity index (χ0) is 8.69. The van der Waals surface area contributed by atoms with Crippen molar-refractivity contribution in [1.29, 1.82) is 0 Å². The molecule has 1 amide bonds. The molecule has 62 valence electrons. The van der Waals surface area contributed by atoms with Gasteiger partial charge in [-0.25, -0.2) is 0 Å². The monoisotopic (exact) mass is 175 g/mol. The first-order chi connectivity index (χ1) is 5.13. The van der Waals surface area contributed by atoms with Crippen LogP contribution >= 0.6 is 11.8 Å². The van der Waals surface area contributed by atoms with Crippen LogP contribution in [-0.4, -0.2) is 22.7 Å². The van der Waals surface area contributed by atoms with Crippen LogP contribution in [0, 0.1) is 0 Å². The second-order valence-electron chi connectivity index (χ2n) is 1.71. The van der Waals surface area contributed by atoms with Crippen molar-refractivity contribution in [2.45, 2.75) is 6.92 Å². The van der Waals surface area contributed by atoms with Gasteiger partial charge in [-0.05, 0) is 5.41 Å². The molecule has 0 saturated carbocycles. The quantitative estimate of drug-likeness (QED) is 0.649. The van der Waals surface area contributed by atoms with Crippen LogP contribution in [0.3, 0.4) is 0 Å². The molecule has 0 spiro atoms. The van der Waals surface area contributed by atoms with Gasteiger partial charge in [0, 0.05) is 13.1 Å². The van der Waals surface area contributed by atoms with Crippen molar-refractivity contribution < 1.29 is 14.7 Å². The molecule has 0 heterocycles. The lowest BCUT2D eigenvalue weighted by Gasteiger charge is -1.90. The molecule has 0 fully saturated rings. The molecule has 0 saturated heterocycles. The molecule has 0 rings (SSSR count). The summed E-state index contributed by atoms with van der Waals surface area (Å²) < 4.78 is 0. The lowest BCUT2D eigenvalue weighted by atomic mass is 10.7. The molecule has 0 aliphatic carbocycles. The fraction of sp³-hybridized carbons (Fsp3) is 0.333. The van der Waals surface area contributed by atoms with Crippen molar-refractivity contribution in [1.82, 2.24) is 5.32 Å². The Morgan fingerprint density at radius 1 is 1.64 bits per heavy atom. The molecule has 0 radical (unpaired) electrons. The zero-order valence-corrected chi connectivity index (χ0v) is 6.85. The lowest BCUT2D eigenvalue weighted by Crippen LogP contribution is -2.11. The standard InChI is InChI=1S/C6H9NO3S/c1-5(8)7-2-3-11-4-6(9)10/h2-3H,4H2,1H3,(H,7,8)(H,9,10)/b3-2+. The van der Waals surface area contributed by atoms with Crippen LogP contribution in [-0.2, 0) is 9.59 Å². The van der Waals surface area contributed by atoms with E-state index in [4.69, 9.17) is 5.11 Å². The number of aliphatic carboxylic acids is 1. The molecule has 0 atom stereocenters. The Hall–Kier alpha value is -0.970. The van der Waals surface area contributed by atoms with E-state index in [9.17, 15) is 9.59 Å². The summed E-state index contributed by atoms with van der Waals surface area (Å²) in [6.45, 7) is 1.38. The van der Waals surface area contributed by atoms with Gasteiger partial charge in [0.15, 0.2) is 0 Å². The predicted molar refractivity (Wildman–Crippen MR) is 43.1 cm³/mol. The number of carboxylic acids is 1. The highest BCUT2D eigenvalue weighted by Crippen LogP contribution is 1.98. The third-order valence-electron chi connectivity index (χ3n) is 0.658. The Morgan fingerprint density at radius 2 is 2.27 bits per heavy atom. The minimum absolute atomic E-state index is 0.0100. The third-order valence-corrected chi connectivity index (χ3v) is 1.40. The summed E-state index contributed by atoms with van der Waals surface area (Å²) in [7, 11) is 0. The van der Waals surface area contributed by atoms with Crippen LogP contribution in [0.4, 0.5) is 0 Å². The average Bonchev–Trinajstić information content (AvgIpc) is 1.85. The van der Waals surface area contributed by atoms with Gasteiger partial charge in [0.1, 0.15) is 0 Å². The maximum Gasteiger partial charge on any atom is 0.313 e. The van der Waals surface area contributed by atoms with Crippen molar-refractivity contribution in [2.24, 2.45) is 0 Å². The largest absolute Gasteiger partial charge is 0.481 e. The molecule has 4 nitrogen and oxygen atoms in total. The topological polar surface area (TPSA) is 66.4 Å². The number of thioether (sulfide) groups is 1. The van der Waals surface area contributed by atoms with Gasteiger partial charge in [-0.15, -0.1) is 11.8 Å². The van der Waals surface area contributed by atoms with E-state index < -0.39 is 5.97 Å². The van der Waals surface area contributed by atoms with Crippen LogP contribution in [0.2, 0.25) is 0 Å². The number of carbonyl (C=O) groups is 2. The highest BCUT2D eigenvalue weighted by Gasteiger charge is 1.91. The van der Waals surface area contributed by atoms with Gasteiger partial charge >= 0.3 is 5.97 Å². The molecule has 0 bridgehead atoms. The van der Waals surface area contributed by atoms with E-state index >= 15 is 0 Å². The number of carboxylic acid groups (broad SMARTS) is 1. The molecule has 2 N–H and O–H groups in total. The van der Waals surface area contributed by atoms with E-state index in [2.05, 4.69) is 5.32 Å². The summed E-state index contributed by atoms with van der Waals surface area (Å²) in [4.78, 5) is 20.2. The summed E-state index contributed by atoms with van der Waals surface area (Å²) in [6, 6.07) is 0. The van der Waals surface area contributed by atoms with Crippen LogP contribution < -0.4 is 5.32 Å². The minimum atomic E-state index is -0.873. The van der Waals surface area contributed by atoms with Crippen LogP contribution in [0.15, 0.2) is 11.6 Å². The second-order valence-corrected chi connectivity index (χ2v) is 2.60. The summed E-state index contributed by atoms with van der Waals surface area (Å²) in [5.41, 5.74) is 0. The van der Waals surface area contributed by atoms with Crippen LogP contribution in [0.25, 0.3) is 0 Å². The van der Waals surface area contributed by atoms with Gasteiger partial charge in [-0.1, -0.05) is 0 Å². The molecule has 0 aromatic rings. The molecule has 0 aliphatic heterocycles. The summed E-state index contributed by atoms with van der Waals surface area (Å²) in [5.74, 6) is -1.03. The van der Waals surface area contributed by atoms with Gasteiger partial charge in [-0.2, -0.15) is 0 Å². The average molecular weight is 175 g/mol. The van der Waals surface area contributed by atoms with Crippen LogP contribution in [0.5, 0.6) is 0 Å². The second kappa shape index (κ2) is 5.79. The highest BCUT2D eigenvalue weighted by molar-refractivity contribution is 8.02. The number of hydrogen-bond acceptors (Lipinski definition) is 3. The Balaban J connectivity index is 3.30. The first-order valence-corrected chi connectivity index (χ1v) is 3.93.